The van der Waals surface area contributed by atoms with E-state index in [-0.39, 0.29) is 5.97 Å². The van der Waals surface area contributed by atoms with E-state index in [2.05, 4.69) is 0 Å². The molecule has 3 nitrogen and oxygen atoms in total. The number of benzene rings is 1. The number of carbonyl (C=O) groups is 1. The molecule has 0 aliphatic rings. The van der Waals surface area contributed by atoms with Gasteiger partial charge in [-0.2, -0.15) is 4.73 Å². The SMILES string of the molecule is O=C(CCc1ccccc1)On1ccccc1=S. The minimum atomic E-state index is -0.291. The number of aryl methyl sites for hydroxylation is 1. The van der Waals surface area contributed by atoms with Gasteiger partial charge < -0.3 is 4.84 Å². The first-order valence-electron chi connectivity index (χ1n) is 5.68. The van der Waals surface area contributed by atoms with Crippen LogP contribution in [0.3, 0.4) is 0 Å². The molecule has 2 aromatic rings. The van der Waals surface area contributed by atoms with E-state index in [1.807, 2.05) is 30.3 Å². The Morgan fingerprint density at radius 1 is 1.11 bits per heavy atom. The van der Waals surface area contributed by atoms with Gasteiger partial charge in [-0.05, 0) is 24.1 Å². The van der Waals surface area contributed by atoms with Crippen LogP contribution in [0.1, 0.15) is 12.0 Å². The van der Waals surface area contributed by atoms with Crippen molar-refractivity contribution in [3.63, 3.8) is 0 Å². The number of carbonyl (C=O) groups excluding carboxylic acids is 1. The molecule has 92 valence electrons. The largest absolute Gasteiger partial charge is 0.336 e. The summed E-state index contributed by atoms with van der Waals surface area (Å²) in [7, 11) is 0. The number of aromatic nitrogens is 1. The summed E-state index contributed by atoms with van der Waals surface area (Å²) in [6.07, 6.45) is 2.63. The van der Waals surface area contributed by atoms with Gasteiger partial charge in [-0.1, -0.05) is 48.6 Å². The normalized spacial score (nSPS) is 10.0. The van der Waals surface area contributed by atoms with Gasteiger partial charge in [-0.15, -0.1) is 0 Å². The molecule has 0 spiro atoms. The van der Waals surface area contributed by atoms with E-state index in [0.717, 1.165) is 5.56 Å². The number of rotatable bonds is 4. The van der Waals surface area contributed by atoms with Gasteiger partial charge >= 0.3 is 5.97 Å². The Bertz CT molecular complexity index is 578. The Balaban J connectivity index is 1.90. The van der Waals surface area contributed by atoms with Crippen molar-refractivity contribution >= 4 is 18.2 Å². The zero-order valence-electron chi connectivity index (χ0n) is 9.78. The van der Waals surface area contributed by atoms with E-state index in [0.29, 0.717) is 17.5 Å². The lowest BCUT2D eigenvalue weighted by Gasteiger charge is -2.06. The highest BCUT2D eigenvalue weighted by atomic mass is 32.1. The number of pyridine rings is 1. The Morgan fingerprint density at radius 3 is 2.56 bits per heavy atom. The Kier molecular flexibility index (Phi) is 4.25. The van der Waals surface area contributed by atoms with Crippen LogP contribution in [-0.2, 0) is 11.2 Å². The molecule has 0 atom stereocenters. The zero-order chi connectivity index (χ0) is 12.8. The van der Waals surface area contributed by atoms with Gasteiger partial charge in [-0.25, -0.2) is 4.79 Å². The predicted molar refractivity (Wildman–Crippen MR) is 71.6 cm³/mol. The molecule has 1 aromatic heterocycles. The summed E-state index contributed by atoms with van der Waals surface area (Å²) in [5, 5.41) is 0. The highest BCUT2D eigenvalue weighted by molar-refractivity contribution is 7.71. The average Bonchev–Trinajstić information content (AvgIpc) is 2.40. The number of nitrogens with zero attached hydrogens (tertiary/aromatic N) is 1. The predicted octanol–water partition coefficient (Wildman–Crippen LogP) is 2.81. The Hall–Kier alpha value is -1.94. The third kappa shape index (κ3) is 3.53. The monoisotopic (exact) mass is 259 g/mol. The van der Waals surface area contributed by atoms with Crippen LogP contribution in [0.5, 0.6) is 0 Å². The molecule has 0 fully saturated rings. The molecule has 18 heavy (non-hydrogen) atoms. The fourth-order valence-electron chi connectivity index (χ4n) is 1.53. The molecule has 0 saturated carbocycles. The Morgan fingerprint density at radius 2 is 1.83 bits per heavy atom. The second-order valence-corrected chi connectivity index (χ2v) is 4.23. The molecular formula is C14H13NO2S. The fourth-order valence-corrected chi connectivity index (χ4v) is 1.71. The van der Waals surface area contributed by atoms with E-state index in [9.17, 15) is 4.79 Å². The van der Waals surface area contributed by atoms with Crippen LogP contribution in [0.15, 0.2) is 54.7 Å². The van der Waals surface area contributed by atoms with Gasteiger partial charge in [0.2, 0.25) is 0 Å². The summed E-state index contributed by atoms with van der Waals surface area (Å²) in [4.78, 5) is 16.8. The van der Waals surface area contributed by atoms with Crippen LogP contribution in [0.2, 0.25) is 0 Å². The lowest BCUT2D eigenvalue weighted by molar-refractivity contribution is -0.144. The van der Waals surface area contributed by atoms with Gasteiger partial charge in [0.25, 0.3) is 0 Å². The first-order valence-corrected chi connectivity index (χ1v) is 6.09. The summed E-state index contributed by atoms with van der Waals surface area (Å²) in [5.74, 6) is -0.291. The third-order valence-electron chi connectivity index (χ3n) is 2.45. The van der Waals surface area contributed by atoms with Gasteiger partial charge in [0.1, 0.15) is 4.64 Å². The molecule has 0 amide bonds. The van der Waals surface area contributed by atoms with E-state index >= 15 is 0 Å². The summed E-state index contributed by atoms with van der Waals surface area (Å²) in [6, 6.07) is 15.1. The zero-order valence-corrected chi connectivity index (χ0v) is 10.6. The maximum absolute atomic E-state index is 11.6. The van der Waals surface area contributed by atoms with Crippen molar-refractivity contribution in [1.82, 2.24) is 4.73 Å². The Labute approximate surface area is 111 Å². The second-order valence-electron chi connectivity index (χ2n) is 3.81. The molecular weight excluding hydrogens is 246 g/mol. The second kappa shape index (κ2) is 6.12. The van der Waals surface area contributed by atoms with Crippen LogP contribution in [0, 0.1) is 4.64 Å². The van der Waals surface area contributed by atoms with Crippen molar-refractivity contribution in [3.05, 3.63) is 64.9 Å². The van der Waals surface area contributed by atoms with Crippen LogP contribution in [-0.4, -0.2) is 10.7 Å². The molecule has 0 N–H and O–H groups in total. The first-order chi connectivity index (χ1) is 8.75. The molecule has 0 radical (unpaired) electrons. The molecule has 1 aromatic carbocycles. The summed E-state index contributed by atoms with van der Waals surface area (Å²) in [6.45, 7) is 0. The highest BCUT2D eigenvalue weighted by Gasteiger charge is 2.05. The van der Waals surface area contributed by atoms with Crippen LogP contribution in [0.25, 0.3) is 0 Å². The van der Waals surface area contributed by atoms with E-state index < -0.39 is 0 Å². The lowest BCUT2D eigenvalue weighted by atomic mass is 10.1. The molecule has 0 aliphatic carbocycles. The van der Waals surface area contributed by atoms with Gasteiger partial charge in [-0.3, -0.25) is 0 Å². The van der Waals surface area contributed by atoms with Crippen LogP contribution >= 0.6 is 12.2 Å². The molecule has 4 heteroatoms. The molecule has 0 saturated heterocycles. The smallest absolute Gasteiger partial charge is 0.333 e. The summed E-state index contributed by atoms with van der Waals surface area (Å²) >= 11 is 5.03. The topological polar surface area (TPSA) is 31.2 Å². The molecule has 2 rings (SSSR count). The first kappa shape index (κ1) is 12.5. The molecule has 0 unspecified atom stereocenters. The van der Waals surface area contributed by atoms with Gasteiger partial charge in [0.05, 0.1) is 6.42 Å². The maximum atomic E-state index is 11.6. The minimum Gasteiger partial charge on any atom is -0.336 e. The minimum absolute atomic E-state index is 0.291. The molecule has 1 heterocycles. The lowest BCUT2D eigenvalue weighted by Crippen LogP contribution is -2.20. The fraction of sp³-hybridized carbons (Fsp3) is 0.143. The number of hydrogen-bond donors (Lipinski definition) is 0. The van der Waals surface area contributed by atoms with E-state index in [1.54, 1.807) is 24.4 Å². The van der Waals surface area contributed by atoms with E-state index in [4.69, 9.17) is 17.1 Å². The quantitative estimate of drug-likeness (QED) is 0.791. The van der Waals surface area contributed by atoms with Crippen molar-refractivity contribution in [1.29, 1.82) is 0 Å². The maximum Gasteiger partial charge on any atom is 0.333 e. The average molecular weight is 259 g/mol. The summed E-state index contributed by atoms with van der Waals surface area (Å²) in [5.41, 5.74) is 1.12. The van der Waals surface area contributed by atoms with Crippen molar-refractivity contribution in [2.45, 2.75) is 12.8 Å². The van der Waals surface area contributed by atoms with Crippen LogP contribution < -0.4 is 4.84 Å². The summed E-state index contributed by atoms with van der Waals surface area (Å²) < 4.78 is 1.79. The third-order valence-corrected chi connectivity index (χ3v) is 2.77. The van der Waals surface area contributed by atoms with Gasteiger partial charge in [0.15, 0.2) is 0 Å². The molecule has 0 bridgehead atoms. The van der Waals surface area contributed by atoms with Crippen molar-refractivity contribution in [2.75, 3.05) is 0 Å². The van der Waals surface area contributed by atoms with Gasteiger partial charge in [0, 0.05) is 6.20 Å². The van der Waals surface area contributed by atoms with Crippen LogP contribution in [0.4, 0.5) is 0 Å². The van der Waals surface area contributed by atoms with E-state index in [1.165, 1.54) is 4.73 Å². The van der Waals surface area contributed by atoms with Crippen molar-refractivity contribution < 1.29 is 9.63 Å². The molecule has 0 aliphatic heterocycles. The van der Waals surface area contributed by atoms with Crippen molar-refractivity contribution in [2.24, 2.45) is 0 Å². The number of hydrogen-bond acceptors (Lipinski definition) is 3. The highest BCUT2D eigenvalue weighted by Crippen LogP contribution is 2.02. The standard InChI is InChI=1S/C14H13NO2S/c16-14(10-9-12-6-2-1-3-7-12)17-15-11-5-4-8-13(15)18/h1-8,11H,9-10H2. The van der Waals surface area contributed by atoms with Crippen molar-refractivity contribution in [3.8, 4) is 0 Å².